The van der Waals surface area contributed by atoms with Crippen LogP contribution in [-0.4, -0.2) is 12.2 Å². The van der Waals surface area contributed by atoms with Crippen LogP contribution < -0.4 is 0 Å². The normalized spacial score (nSPS) is 32.3. The highest BCUT2D eigenvalue weighted by Gasteiger charge is 2.37. The molecular formula is C13H11BrO2. The van der Waals surface area contributed by atoms with E-state index in [0.717, 1.165) is 10.0 Å². The molecule has 0 saturated carbocycles. The predicted molar refractivity (Wildman–Crippen MR) is 65.1 cm³/mol. The van der Waals surface area contributed by atoms with Crippen molar-refractivity contribution in [3.63, 3.8) is 0 Å². The van der Waals surface area contributed by atoms with Gasteiger partial charge in [0.05, 0.1) is 0 Å². The van der Waals surface area contributed by atoms with Crippen LogP contribution in [0.25, 0.3) is 0 Å². The molecule has 3 atom stereocenters. The Kier molecular flexibility index (Phi) is 2.67. The summed E-state index contributed by atoms with van der Waals surface area (Å²) in [7, 11) is 0. The van der Waals surface area contributed by atoms with Gasteiger partial charge in [-0.3, -0.25) is 0 Å². The van der Waals surface area contributed by atoms with E-state index in [1.54, 1.807) is 0 Å². The third kappa shape index (κ3) is 1.75. The van der Waals surface area contributed by atoms with E-state index in [-0.39, 0.29) is 18.5 Å². The summed E-state index contributed by atoms with van der Waals surface area (Å²) in [4.78, 5) is 0. The molecule has 16 heavy (non-hydrogen) atoms. The first kappa shape index (κ1) is 10.3. The van der Waals surface area contributed by atoms with Crippen LogP contribution in [0.4, 0.5) is 0 Å². The third-order valence-electron chi connectivity index (χ3n) is 2.75. The number of ether oxygens (including phenoxy) is 2. The van der Waals surface area contributed by atoms with Crippen LogP contribution in [0.1, 0.15) is 11.9 Å². The lowest BCUT2D eigenvalue weighted by molar-refractivity contribution is -0.0599. The van der Waals surface area contributed by atoms with E-state index >= 15 is 0 Å². The van der Waals surface area contributed by atoms with Crippen LogP contribution >= 0.6 is 15.9 Å². The Labute approximate surface area is 103 Å². The van der Waals surface area contributed by atoms with Crippen LogP contribution in [0.3, 0.4) is 0 Å². The van der Waals surface area contributed by atoms with E-state index < -0.39 is 0 Å². The van der Waals surface area contributed by atoms with Gasteiger partial charge >= 0.3 is 0 Å². The summed E-state index contributed by atoms with van der Waals surface area (Å²) in [6.07, 6.45) is 5.76. The number of fused-ring (bicyclic) bond motifs is 1. The number of rotatable bonds is 1. The Morgan fingerprint density at radius 3 is 2.62 bits per heavy atom. The molecule has 3 heteroatoms. The molecule has 0 bridgehead atoms. The maximum atomic E-state index is 5.88. The van der Waals surface area contributed by atoms with Gasteiger partial charge in [-0.25, -0.2) is 0 Å². The molecule has 2 nitrogen and oxygen atoms in total. The Hall–Kier alpha value is -0.900. The Morgan fingerprint density at radius 2 is 1.88 bits per heavy atom. The van der Waals surface area contributed by atoms with Gasteiger partial charge in [0.25, 0.3) is 0 Å². The maximum Gasteiger partial charge on any atom is 0.185 e. The first-order valence-corrected chi connectivity index (χ1v) is 6.03. The van der Waals surface area contributed by atoms with Gasteiger partial charge in [-0.1, -0.05) is 58.4 Å². The van der Waals surface area contributed by atoms with Crippen LogP contribution in [0.2, 0.25) is 0 Å². The largest absolute Gasteiger partial charge is 0.338 e. The van der Waals surface area contributed by atoms with Crippen molar-refractivity contribution in [2.75, 3.05) is 0 Å². The zero-order valence-corrected chi connectivity index (χ0v) is 10.1. The minimum Gasteiger partial charge on any atom is -0.338 e. The molecule has 0 radical (unpaired) electrons. The number of hydrogen-bond acceptors (Lipinski definition) is 2. The quantitative estimate of drug-likeness (QED) is 0.785. The predicted octanol–water partition coefficient (Wildman–Crippen LogP) is 3.32. The van der Waals surface area contributed by atoms with Crippen molar-refractivity contribution in [3.8, 4) is 0 Å². The smallest absolute Gasteiger partial charge is 0.185 e. The molecule has 0 spiro atoms. The van der Waals surface area contributed by atoms with Gasteiger partial charge in [-0.2, -0.15) is 0 Å². The fourth-order valence-corrected chi connectivity index (χ4v) is 2.47. The molecule has 0 unspecified atom stereocenters. The van der Waals surface area contributed by atoms with E-state index in [2.05, 4.69) is 15.9 Å². The summed E-state index contributed by atoms with van der Waals surface area (Å²) in [5, 5.41) is 0. The second kappa shape index (κ2) is 4.17. The Bertz CT molecular complexity index is 439. The maximum absolute atomic E-state index is 5.88. The van der Waals surface area contributed by atoms with Crippen LogP contribution in [0.5, 0.6) is 0 Å². The summed E-state index contributed by atoms with van der Waals surface area (Å²) in [5.41, 5.74) is 1.06. The zero-order chi connectivity index (χ0) is 11.0. The van der Waals surface area contributed by atoms with Crippen molar-refractivity contribution in [1.29, 1.82) is 0 Å². The molecule has 1 heterocycles. The lowest BCUT2D eigenvalue weighted by atomic mass is 10.1. The number of hydrogen-bond donors (Lipinski definition) is 0. The average Bonchev–Trinajstić information content (AvgIpc) is 2.76. The van der Waals surface area contributed by atoms with Gasteiger partial charge in [0.2, 0.25) is 0 Å². The van der Waals surface area contributed by atoms with E-state index in [4.69, 9.17) is 9.47 Å². The monoisotopic (exact) mass is 278 g/mol. The molecule has 0 aromatic heterocycles. The molecule has 1 aliphatic carbocycles. The van der Waals surface area contributed by atoms with Crippen LogP contribution in [0, 0.1) is 0 Å². The fourth-order valence-electron chi connectivity index (χ4n) is 1.94. The molecule has 0 amide bonds. The number of benzene rings is 1. The molecule has 82 valence electrons. The fraction of sp³-hybridized carbons (Fsp3) is 0.231. The van der Waals surface area contributed by atoms with Crippen molar-refractivity contribution in [2.45, 2.75) is 18.5 Å². The third-order valence-corrected chi connectivity index (χ3v) is 3.46. The molecule has 2 aliphatic rings. The van der Waals surface area contributed by atoms with Crippen molar-refractivity contribution < 1.29 is 9.47 Å². The summed E-state index contributed by atoms with van der Waals surface area (Å²) >= 11 is 3.50. The highest BCUT2D eigenvalue weighted by atomic mass is 79.9. The van der Waals surface area contributed by atoms with Crippen molar-refractivity contribution >= 4 is 15.9 Å². The number of allylic oxidation sites excluding steroid dienone is 2. The topological polar surface area (TPSA) is 18.5 Å². The van der Waals surface area contributed by atoms with E-state index in [1.165, 1.54) is 0 Å². The molecule has 1 fully saturated rings. The van der Waals surface area contributed by atoms with Crippen molar-refractivity contribution in [2.24, 2.45) is 0 Å². The summed E-state index contributed by atoms with van der Waals surface area (Å²) < 4.78 is 12.8. The lowest BCUT2D eigenvalue weighted by Gasteiger charge is -2.15. The molecule has 1 aliphatic heterocycles. The highest BCUT2D eigenvalue weighted by Crippen LogP contribution is 2.38. The Morgan fingerprint density at radius 1 is 1.06 bits per heavy atom. The summed E-state index contributed by atoms with van der Waals surface area (Å²) in [5.74, 6) is 0. The lowest BCUT2D eigenvalue weighted by Crippen LogP contribution is -2.22. The van der Waals surface area contributed by atoms with Gasteiger partial charge in [-0.05, 0) is 6.08 Å². The molecular weight excluding hydrogens is 268 g/mol. The minimum absolute atomic E-state index is 0.00444. The summed E-state index contributed by atoms with van der Waals surface area (Å²) in [6.45, 7) is 0. The second-order valence-corrected chi connectivity index (χ2v) is 4.75. The van der Waals surface area contributed by atoms with Gasteiger partial charge in [-0.15, -0.1) is 0 Å². The number of halogens is 1. The van der Waals surface area contributed by atoms with Crippen LogP contribution in [-0.2, 0) is 9.47 Å². The van der Waals surface area contributed by atoms with Crippen molar-refractivity contribution in [3.05, 3.63) is 58.6 Å². The van der Waals surface area contributed by atoms with E-state index in [1.807, 2.05) is 48.6 Å². The Balaban J connectivity index is 1.84. The van der Waals surface area contributed by atoms with Gasteiger partial charge in [0.15, 0.2) is 6.29 Å². The molecule has 1 aromatic carbocycles. The van der Waals surface area contributed by atoms with Gasteiger partial charge < -0.3 is 9.47 Å². The zero-order valence-electron chi connectivity index (χ0n) is 8.55. The van der Waals surface area contributed by atoms with E-state index in [9.17, 15) is 0 Å². The standard InChI is InChI=1S/C13H11BrO2/c14-10-7-4-8-11-12(10)16-13(15-11)9-5-2-1-3-6-9/h1-8,11-13H/t11-,12+,13-/m0/s1. The van der Waals surface area contributed by atoms with Crippen molar-refractivity contribution in [1.82, 2.24) is 0 Å². The molecule has 0 N–H and O–H groups in total. The van der Waals surface area contributed by atoms with E-state index in [0.29, 0.717) is 0 Å². The first-order chi connectivity index (χ1) is 7.84. The minimum atomic E-state index is -0.264. The second-order valence-electron chi connectivity index (χ2n) is 3.84. The van der Waals surface area contributed by atoms with Crippen LogP contribution in [0.15, 0.2) is 53.0 Å². The summed E-state index contributed by atoms with van der Waals surface area (Å²) in [6, 6.07) is 10.0. The average molecular weight is 279 g/mol. The first-order valence-electron chi connectivity index (χ1n) is 5.24. The van der Waals surface area contributed by atoms with Gasteiger partial charge in [0.1, 0.15) is 12.2 Å². The molecule has 1 saturated heterocycles. The molecule has 1 aromatic rings. The van der Waals surface area contributed by atoms with Gasteiger partial charge in [0, 0.05) is 10.0 Å². The SMILES string of the molecule is BrC1=CC=C[C@@H]2O[C@H](c3ccccc3)O[C@H]12. The highest BCUT2D eigenvalue weighted by molar-refractivity contribution is 9.11. The molecule has 3 rings (SSSR count).